The monoisotopic (exact) mass is 501 g/mol. The number of carbonyl (C=O) groups is 1. The number of halogens is 1. The molecule has 0 bridgehead atoms. The van der Waals surface area contributed by atoms with Crippen molar-refractivity contribution < 1.29 is 4.79 Å². The maximum absolute atomic E-state index is 12.8. The average Bonchev–Trinajstić information content (AvgIpc) is 2.91. The molecule has 2 heterocycles. The Hall–Kier alpha value is -2.98. The lowest BCUT2D eigenvalue weighted by atomic mass is 9.98. The number of hydrogen-bond donors (Lipinski definition) is 0. The van der Waals surface area contributed by atoms with Crippen molar-refractivity contribution in [1.82, 2.24) is 9.88 Å². The molecule has 3 aromatic rings. The van der Waals surface area contributed by atoms with Gasteiger partial charge in [0.05, 0.1) is 10.7 Å². The fourth-order valence-corrected chi connectivity index (χ4v) is 5.24. The van der Waals surface area contributed by atoms with Crippen molar-refractivity contribution in [3.05, 3.63) is 70.7 Å². The molecular weight excluding hydrogens is 466 g/mol. The Morgan fingerprint density at radius 1 is 0.944 bits per heavy atom. The van der Waals surface area contributed by atoms with Crippen molar-refractivity contribution >= 4 is 29.0 Å². The van der Waals surface area contributed by atoms with Gasteiger partial charge < -0.3 is 4.90 Å². The number of aryl methyl sites for hydroxylation is 1. The second kappa shape index (κ2) is 11.8. The van der Waals surface area contributed by atoms with Crippen molar-refractivity contribution in [1.29, 1.82) is 0 Å². The summed E-state index contributed by atoms with van der Waals surface area (Å²) in [7, 11) is 0. The highest BCUT2D eigenvalue weighted by atomic mass is 35.5. The third-order valence-electron chi connectivity index (χ3n) is 7.27. The minimum Gasteiger partial charge on any atom is -0.339 e. The standard InChI is InChI=1S/C31H36ClN3O/c1-5-23(6-2)22(4)33-30-21(3)20-28(32)29(34-30)26-14-10-24(11-15-26)25-12-16-27(17-13-25)31(36)35-18-8-7-9-19-35/h10-17,20,23H,5-9,18-19H2,1-4H3. The molecule has 5 heteroatoms. The number of aliphatic imine (C=N–C) groups is 1. The number of benzene rings is 2. The Kier molecular flexibility index (Phi) is 8.58. The average molecular weight is 502 g/mol. The molecule has 0 saturated carbocycles. The van der Waals surface area contributed by atoms with E-state index in [1.807, 2.05) is 54.3 Å². The van der Waals surface area contributed by atoms with Gasteiger partial charge >= 0.3 is 0 Å². The summed E-state index contributed by atoms with van der Waals surface area (Å²) in [5, 5.41) is 0.625. The lowest BCUT2D eigenvalue weighted by Crippen LogP contribution is -2.35. The van der Waals surface area contributed by atoms with E-state index in [-0.39, 0.29) is 5.91 Å². The van der Waals surface area contributed by atoms with E-state index in [9.17, 15) is 4.79 Å². The molecule has 0 spiro atoms. The Labute approximate surface area is 220 Å². The molecule has 0 unspecified atom stereocenters. The molecule has 0 atom stereocenters. The fourth-order valence-electron chi connectivity index (χ4n) is 4.93. The Balaban J connectivity index is 1.55. The molecule has 1 aliphatic heterocycles. The number of pyridine rings is 1. The summed E-state index contributed by atoms with van der Waals surface area (Å²) in [5.41, 5.74) is 6.70. The zero-order valence-electron chi connectivity index (χ0n) is 21.9. The van der Waals surface area contributed by atoms with Crippen molar-refractivity contribution in [2.24, 2.45) is 10.9 Å². The highest BCUT2D eigenvalue weighted by molar-refractivity contribution is 6.33. The second-order valence-electron chi connectivity index (χ2n) is 9.73. The highest BCUT2D eigenvalue weighted by Crippen LogP contribution is 2.33. The van der Waals surface area contributed by atoms with E-state index in [4.69, 9.17) is 21.6 Å². The van der Waals surface area contributed by atoms with Crippen LogP contribution in [0.3, 0.4) is 0 Å². The van der Waals surface area contributed by atoms with Gasteiger partial charge in [0, 0.05) is 29.9 Å². The number of likely N-dealkylation sites (tertiary alicyclic amines) is 1. The fraction of sp³-hybridized carbons (Fsp3) is 0.387. The smallest absolute Gasteiger partial charge is 0.253 e. The van der Waals surface area contributed by atoms with Crippen LogP contribution >= 0.6 is 11.6 Å². The van der Waals surface area contributed by atoms with Crippen LogP contribution < -0.4 is 0 Å². The van der Waals surface area contributed by atoms with Crippen molar-refractivity contribution in [3.8, 4) is 22.4 Å². The first-order chi connectivity index (χ1) is 17.4. The van der Waals surface area contributed by atoms with Gasteiger partial charge in [-0.1, -0.05) is 61.8 Å². The molecule has 0 aliphatic carbocycles. The van der Waals surface area contributed by atoms with Gasteiger partial charge in [0.25, 0.3) is 5.91 Å². The van der Waals surface area contributed by atoms with Gasteiger partial charge in [0.1, 0.15) is 0 Å². The molecule has 1 amide bonds. The number of piperidine rings is 1. The van der Waals surface area contributed by atoms with Gasteiger partial charge in [-0.3, -0.25) is 4.79 Å². The number of amides is 1. The maximum Gasteiger partial charge on any atom is 0.253 e. The van der Waals surface area contributed by atoms with Crippen LogP contribution in [0.25, 0.3) is 22.4 Å². The first kappa shape index (κ1) is 26.1. The number of nitrogens with zero attached hydrogens (tertiary/aromatic N) is 3. The highest BCUT2D eigenvalue weighted by Gasteiger charge is 2.18. The van der Waals surface area contributed by atoms with Crippen molar-refractivity contribution in [2.75, 3.05) is 13.1 Å². The predicted molar refractivity (Wildman–Crippen MR) is 151 cm³/mol. The van der Waals surface area contributed by atoms with Crippen LogP contribution in [-0.4, -0.2) is 34.6 Å². The summed E-state index contributed by atoms with van der Waals surface area (Å²) in [6, 6.07) is 18.1. The Morgan fingerprint density at radius 3 is 2.08 bits per heavy atom. The molecule has 1 saturated heterocycles. The van der Waals surface area contributed by atoms with Gasteiger partial charge in [-0.05, 0) is 86.8 Å². The summed E-state index contributed by atoms with van der Waals surface area (Å²) >= 11 is 6.61. The minimum absolute atomic E-state index is 0.134. The van der Waals surface area contributed by atoms with E-state index in [1.54, 1.807) is 0 Å². The van der Waals surface area contributed by atoms with E-state index >= 15 is 0 Å². The molecule has 188 valence electrons. The first-order valence-corrected chi connectivity index (χ1v) is 13.5. The van der Waals surface area contributed by atoms with E-state index in [0.717, 1.165) is 83.8 Å². The molecular formula is C31H36ClN3O. The number of aromatic nitrogens is 1. The second-order valence-corrected chi connectivity index (χ2v) is 10.1. The van der Waals surface area contributed by atoms with Crippen molar-refractivity contribution in [2.45, 2.75) is 59.8 Å². The van der Waals surface area contributed by atoms with E-state index < -0.39 is 0 Å². The summed E-state index contributed by atoms with van der Waals surface area (Å²) < 4.78 is 0. The summed E-state index contributed by atoms with van der Waals surface area (Å²) in [5.74, 6) is 1.33. The largest absolute Gasteiger partial charge is 0.339 e. The van der Waals surface area contributed by atoms with Gasteiger partial charge in [0.15, 0.2) is 5.82 Å². The summed E-state index contributed by atoms with van der Waals surface area (Å²) in [6.45, 7) is 10.2. The molecule has 4 rings (SSSR count). The van der Waals surface area contributed by atoms with Crippen LogP contribution in [0.1, 0.15) is 68.8 Å². The Morgan fingerprint density at radius 2 is 1.50 bits per heavy atom. The number of carbonyl (C=O) groups excluding carboxylic acids is 1. The Bertz CT molecular complexity index is 1220. The van der Waals surface area contributed by atoms with Crippen LogP contribution in [0.5, 0.6) is 0 Å². The van der Waals surface area contributed by atoms with E-state index in [0.29, 0.717) is 10.9 Å². The van der Waals surface area contributed by atoms with Crippen LogP contribution in [-0.2, 0) is 0 Å². The number of rotatable bonds is 7. The molecule has 2 aromatic carbocycles. The summed E-state index contributed by atoms with van der Waals surface area (Å²) in [6.07, 6.45) is 5.55. The zero-order chi connectivity index (χ0) is 25.7. The molecule has 4 nitrogen and oxygen atoms in total. The molecule has 1 fully saturated rings. The van der Waals surface area contributed by atoms with Crippen LogP contribution in [0, 0.1) is 12.8 Å². The number of hydrogen-bond acceptors (Lipinski definition) is 3. The zero-order valence-corrected chi connectivity index (χ0v) is 22.6. The normalized spacial score (nSPS) is 14.4. The lowest BCUT2D eigenvalue weighted by molar-refractivity contribution is 0.0724. The molecule has 0 N–H and O–H groups in total. The predicted octanol–water partition coefficient (Wildman–Crippen LogP) is 8.53. The molecule has 0 radical (unpaired) electrons. The molecule has 1 aromatic heterocycles. The third-order valence-corrected chi connectivity index (χ3v) is 7.55. The van der Waals surface area contributed by atoms with Crippen LogP contribution in [0.2, 0.25) is 5.02 Å². The minimum atomic E-state index is 0.134. The third kappa shape index (κ3) is 5.87. The lowest BCUT2D eigenvalue weighted by Gasteiger charge is -2.26. The van der Waals surface area contributed by atoms with Gasteiger partial charge in [-0.25, -0.2) is 9.98 Å². The van der Waals surface area contributed by atoms with Crippen LogP contribution in [0.4, 0.5) is 5.82 Å². The van der Waals surface area contributed by atoms with Crippen molar-refractivity contribution in [3.63, 3.8) is 0 Å². The quantitative estimate of drug-likeness (QED) is 0.304. The van der Waals surface area contributed by atoms with E-state index in [2.05, 4.69) is 32.9 Å². The topological polar surface area (TPSA) is 45.6 Å². The van der Waals surface area contributed by atoms with Gasteiger partial charge in [0.2, 0.25) is 0 Å². The van der Waals surface area contributed by atoms with E-state index in [1.165, 1.54) is 6.42 Å². The van der Waals surface area contributed by atoms with Gasteiger partial charge in [-0.15, -0.1) is 0 Å². The molecule has 36 heavy (non-hydrogen) atoms. The summed E-state index contributed by atoms with van der Waals surface area (Å²) in [4.78, 5) is 24.5. The SMILES string of the molecule is CCC(CC)C(C)=Nc1nc(-c2ccc(-c3ccc(C(=O)N4CCCCC4)cc3)cc2)c(Cl)cc1C. The first-order valence-electron chi connectivity index (χ1n) is 13.1. The van der Waals surface area contributed by atoms with Gasteiger partial charge in [-0.2, -0.15) is 0 Å². The maximum atomic E-state index is 12.8. The molecule has 1 aliphatic rings. The van der Waals surface area contributed by atoms with Crippen LogP contribution in [0.15, 0.2) is 59.6 Å².